The van der Waals surface area contributed by atoms with Crippen LogP contribution in [0.15, 0.2) is 48.7 Å². The molecule has 8 heteroatoms. The highest BCUT2D eigenvalue weighted by molar-refractivity contribution is 5.74. The van der Waals surface area contributed by atoms with Crippen LogP contribution in [0, 0.1) is 11.7 Å². The lowest BCUT2D eigenvalue weighted by molar-refractivity contribution is -0.143. The van der Waals surface area contributed by atoms with Gasteiger partial charge in [-0.05, 0) is 81.3 Å². The molecule has 7 nitrogen and oxygen atoms in total. The summed E-state index contributed by atoms with van der Waals surface area (Å²) in [5.41, 5.74) is 2.46. The van der Waals surface area contributed by atoms with Crippen LogP contribution in [0.1, 0.15) is 57.2 Å². The lowest BCUT2D eigenvalue weighted by atomic mass is 9.91. The van der Waals surface area contributed by atoms with E-state index in [1.807, 2.05) is 57.0 Å². The van der Waals surface area contributed by atoms with E-state index in [9.17, 15) is 9.18 Å². The summed E-state index contributed by atoms with van der Waals surface area (Å²) >= 11 is 0. The summed E-state index contributed by atoms with van der Waals surface area (Å²) < 4.78 is 31.4. The molecule has 1 unspecified atom stereocenters. The molecule has 2 aromatic carbocycles. The van der Waals surface area contributed by atoms with Gasteiger partial charge in [-0.2, -0.15) is 0 Å². The first-order chi connectivity index (χ1) is 18.3. The minimum atomic E-state index is -0.396. The molecule has 0 amide bonds. The number of carbonyl (C=O) groups is 1. The fourth-order valence-corrected chi connectivity index (χ4v) is 4.42. The number of halogens is 1. The van der Waals surface area contributed by atoms with Crippen molar-refractivity contribution < 1.29 is 23.4 Å². The fourth-order valence-electron chi connectivity index (χ4n) is 4.42. The minimum Gasteiger partial charge on any atom is -0.497 e. The van der Waals surface area contributed by atoms with Crippen molar-refractivity contribution in [1.29, 1.82) is 0 Å². The second-order valence-corrected chi connectivity index (χ2v) is 9.90. The lowest BCUT2D eigenvalue weighted by Gasteiger charge is -2.25. The van der Waals surface area contributed by atoms with Gasteiger partial charge in [-0.3, -0.25) is 9.78 Å². The Kier molecular flexibility index (Phi) is 8.81. The number of hydrogen-bond donors (Lipinski definition) is 0. The number of anilines is 1. The van der Waals surface area contributed by atoms with Crippen molar-refractivity contribution in [2.45, 2.75) is 58.6 Å². The van der Waals surface area contributed by atoms with Crippen molar-refractivity contribution in [3.8, 4) is 22.8 Å². The number of ether oxygens (including phenoxy) is 3. The Hall–Kier alpha value is -3.68. The number of benzene rings is 2. The molecule has 1 fully saturated rings. The largest absolute Gasteiger partial charge is 0.497 e. The van der Waals surface area contributed by atoms with E-state index >= 15 is 0 Å². The van der Waals surface area contributed by atoms with E-state index in [-0.39, 0.29) is 24.5 Å². The number of rotatable bonds is 12. The predicted octanol–water partition coefficient (Wildman–Crippen LogP) is 6.16. The fraction of sp³-hybridized carbons (Fsp3) is 0.433. The van der Waals surface area contributed by atoms with Gasteiger partial charge in [-0.1, -0.05) is 12.1 Å². The second-order valence-electron chi connectivity index (χ2n) is 9.90. The quantitative estimate of drug-likeness (QED) is 0.264. The number of nitrogens with zero attached hydrogens (tertiary/aromatic N) is 3. The molecule has 1 aliphatic carbocycles. The predicted molar refractivity (Wildman–Crippen MR) is 145 cm³/mol. The summed E-state index contributed by atoms with van der Waals surface area (Å²) in [6.07, 6.45) is 4.23. The number of esters is 1. The molecule has 1 aromatic heterocycles. The molecule has 0 radical (unpaired) electrons. The van der Waals surface area contributed by atoms with E-state index in [0.29, 0.717) is 53.2 Å². The SMILES string of the molecule is CCOC(=O)CC(c1cccc(OCc2cnc(-c3cc(OC)ccc3F)c(N(C)C(C)C)n2)c1)C1CC1. The topological polar surface area (TPSA) is 73.8 Å². The minimum absolute atomic E-state index is 0.114. The Balaban J connectivity index is 1.56. The molecule has 1 saturated carbocycles. The number of aromatic nitrogens is 2. The van der Waals surface area contributed by atoms with Crippen molar-refractivity contribution in [2.75, 3.05) is 25.7 Å². The zero-order chi connectivity index (χ0) is 27.2. The van der Waals surface area contributed by atoms with Crippen molar-refractivity contribution in [2.24, 2.45) is 5.92 Å². The molecule has 0 bridgehead atoms. The van der Waals surface area contributed by atoms with Gasteiger partial charge in [0.1, 0.15) is 29.6 Å². The zero-order valence-corrected chi connectivity index (χ0v) is 22.7. The van der Waals surface area contributed by atoms with Crippen molar-refractivity contribution in [3.05, 3.63) is 65.7 Å². The first-order valence-electron chi connectivity index (χ1n) is 13.1. The van der Waals surface area contributed by atoms with Gasteiger partial charge >= 0.3 is 5.97 Å². The average Bonchev–Trinajstić information content (AvgIpc) is 3.76. The number of carbonyl (C=O) groups excluding carboxylic acids is 1. The third-order valence-electron chi connectivity index (χ3n) is 6.90. The van der Waals surface area contributed by atoms with Crippen LogP contribution >= 0.6 is 0 Å². The van der Waals surface area contributed by atoms with Crippen LogP contribution in [-0.4, -0.2) is 42.7 Å². The maximum absolute atomic E-state index is 14.8. The summed E-state index contributed by atoms with van der Waals surface area (Å²) in [7, 11) is 3.45. The Morgan fingerprint density at radius 1 is 1.16 bits per heavy atom. The Morgan fingerprint density at radius 2 is 1.95 bits per heavy atom. The number of methoxy groups -OCH3 is 1. The summed E-state index contributed by atoms with van der Waals surface area (Å²) in [5, 5.41) is 0. The molecular formula is C30H36FN3O4. The summed E-state index contributed by atoms with van der Waals surface area (Å²) in [6.45, 7) is 6.48. The van der Waals surface area contributed by atoms with E-state index in [1.54, 1.807) is 25.4 Å². The molecule has 0 saturated heterocycles. The third-order valence-corrected chi connectivity index (χ3v) is 6.90. The van der Waals surface area contributed by atoms with Gasteiger partial charge in [0.2, 0.25) is 0 Å². The molecule has 1 atom stereocenters. The van der Waals surface area contributed by atoms with Gasteiger partial charge in [-0.25, -0.2) is 9.37 Å². The van der Waals surface area contributed by atoms with E-state index in [2.05, 4.69) is 4.98 Å². The third kappa shape index (κ3) is 6.60. The van der Waals surface area contributed by atoms with Crippen LogP contribution in [-0.2, 0) is 16.1 Å². The molecule has 3 aromatic rings. The monoisotopic (exact) mass is 521 g/mol. The van der Waals surface area contributed by atoms with Crippen LogP contribution in [0.4, 0.5) is 10.2 Å². The average molecular weight is 522 g/mol. The summed E-state index contributed by atoms with van der Waals surface area (Å²) in [4.78, 5) is 23.5. The van der Waals surface area contributed by atoms with E-state index in [0.717, 1.165) is 18.4 Å². The van der Waals surface area contributed by atoms with Crippen LogP contribution < -0.4 is 14.4 Å². The Bertz CT molecular complexity index is 1260. The van der Waals surface area contributed by atoms with E-state index in [1.165, 1.54) is 6.07 Å². The Labute approximate surface area is 224 Å². The van der Waals surface area contributed by atoms with Crippen LogP contribution in [0.3, 0.4) is 0 Å². The van der Waals surface area contributed by atoms with Gasteiger partial charge in [0, 0.05) is 18.7 Å². The molecule has 0 aliphatic heterocycles. The van der Waals surface area contributed by atoms with Gasteiger partial charge < -0.3 is 19.1 Å². The summed E-state index contributed by atoms with van der Waals surface area (Å²) in [5.74, 6) is 1.86. The highest BCUT2D eigenvalue weighted by Crippen LogP contribution is 2.45. The molecule has 1 aliphatic rings. The molecule has 4 rings (SSSR count). The van der Waals surface area contributed by atoms with Gasteiger partial charge in [0.15, 0.2) is 5.82 Å². The van der Waals surface area contributed by atoms with Gasteiger partial charge in [0.25, 0.3) is 0 Å². The van der Waals surface area contributed by atoms with Crippen molar-refractivity contribution >= 4 is 11.8 Å². The molecule has 38 heavy (non-hydrogen) atoms. The molecule has 0 spiro atoms. The molecular weight excluding hydrogens is 485 g/mol. The Morgan fingerprint density at radius 3 is 2.63 bits per heavy atom. The van der Waals surface area contributed by atoms with Crippen LogP contribution in [0.25, 0.3) is 11.3 Å². The van der Waals surface area contributed by atoms with E-state index in [4.69, 9.17) is 19.2 Å². The highest BCUT2D eigenvalue weighted by Gasteiger charge is 2.34. The van der Waals surface area contributed by atoms with Gasteiger partial charge in [0.05, 0.1) is 32.0 Å². The first-order valence-corrected chi connectivity index (χ1v) is 13.1. The molecule has 202 valence electrons. The van der Waals surface area contributed by atoms with Crippen LogP contribution in [0.5, 0.6) is 11.5 Å². The maximum Gasteiger partial charge on any atom is 0.306 e. The van der Waals surface area contributed by atoms with Crippen LogP contribution in [0.2, 0.25) is 0 Å². The normalized spacial score (nSPS) is 13.8. The van der Waals surface area contributed by atoms with Gasteiger partial charge in [-0.15, -0.1) is 0 Å². The smallest absolute Gasteiger partial charge is 0.306 e. The summed E-state index contributed by atoms with van der Waals surface area (Å²) in [6, 6.07) is 12.6. The zero-order valence-electron chi connectivity index (χ0n) is 22.7. The molecule has 0 N–H and O–H groups in total. The lowest BCUT2D eigenvalue weighted by Crippen LogP contribution is -2.28. The number of hydrogen-bond acceptors (Lipinski definition) is 7. The first kappa shape index (κ1) is 27.4. The highest BCUT2D eigenvalue weighted by atomic mass is 19.1. The second kappa shape index (κ2) is 12.2. The standard InChI is InChI=1S/C30H36FN3O4/c1-6-37-28(35)16-25(20-10-11-20)21-8-7-9-24(14-21)38-18-22-17-32-29(30(33-22)34(4)19(2)3)26-15-23(36-5)12-13-27(26)31/h7-9,12-15,17,19-20,25H,6,10-11,16,18H2,1-5H3. The van der Waals surface area contributed by atoms with E-state index < -0.39 is 5.82 Å². The maximum atomic E-state index is 14.8. The van der Waals surface area contributed by atoms with Crippen molar-refractivity contribution in [1.82, 2.24) is 9.97 Å². The molecule has 1 heterocycles. The van der Waals surface area contributed by atoms with Crippen molar-refractivity contribution in [3.63, 3.8) is 0 Å².